The average Bonchev–Trinajstić information content (AvgIpc) is 2.40. The van der Waals surface area contributed by atoms with E-state index in [0.717, 1.165) is 38.2 Å². The van der Waals surface area contributed by atoms with Crippen LogP contribution in [0.25, 0.3) is 0 Å². The second-order valence-electron chi connectivity index (χ2n) is 5.20. The third-order valence-electron chi connectivity index (χ3n) is 3.73. The van der Waals surface area contributed by atoms with Crippen LogP contribution in [0.15, 0.2) is 18.3 Å². The predicted octanol–water partition coefficient (Wildman–Crippen LogP) is 1.59. The van der Waals surface area contributed by atoms with Crippen molar-refractivity contribution in [2.24, 2.45) is 5.73 Å². The molecule has 0 spiro atoms. The van der Waals surface area contributed by atoms with Crippen molar-refractivity contribution in [1.29, 1.82) is 0 Å². The van der Waals surface area contributed by atoms with Gasteiger partial charge in [0.1, 0.15) is 5.82 Å². The van der Waals surface area contributed by atoms with Crippen molar-refractivity contribution in [2.75, 3.05) is 31.6 Å². The van der Waals surface area contributed by atoms with Gasteiger partial charge in [-0.25, -0.2) is 4.98 Å². The van der Waals surface area contributed by atoms with Gasteiger partial charge in [-0.2, -0.15) is 0 Å². The summed E-state index contributed by atoms with van der Waals surface area (Å²) < 4.78 is 5.64. The van der Waals surface area contributed by atoms with Crippen LogP contribution in [-0.2, 0) is 11.2 Å². The monoisotopic (exact) mass is 249 g/mol. The summed E-state index contributed by atoms with van der Waals surface area (Å²) in [4.78, 5) is 6.87. The highest BCUT2D eigenvalue weighted by Gasteiger charge is 2.31. The highest BCUT2D eigenvalue weighted by Crippen LogP contribution is 2.28. The van der Waals surface area contributed by atoms with Gasteiger partial charge >= 0.3 is 0 Å². The Morgan fingerprint density at radius 1 is 1.56 bits per heavy atom. The Morgan fingerprint density at radius 2 is 2.39 bits per heavy atom. The number of pyridine rings is 1. The molecular weight excluding hydrogens is 226 g/mol. The maximum absolute atomic E-state index is 5.67. The van der Waals surface area contributed by atoms with E-state index in [-0.39, 0.29) is 5.60 Å². The van der Waals surface area contributed by atoms with E-state index in [1.165, 1.54) is 5.56 Å². The molecule has 4 nitrogen and oxygen atoms in total. The normalized spacial score (nSPS) is 24.3. The third kappa shape index (κ3) is 2.82. The third-order valence-corrected chi connectivity index (χ3v) is 3.73. The largest absolute Gasteiger partial charge is 0.377 e. The number of hydrogen-bond acceptors (Lipinski definition) is 4. The Balaban J connectivity index is 2.20. The van der Waals surface area contributed by atoms with Crippen LogP contribution in [0.5, 0.6) is 0 Å². The fraction of sp³-hybridized carbons (Fsp3) is 0.643. The van der Waals surface area contributed by atoms with Crippen LogP contribution in [0.3, 0.4) is 0 Å². The summed E-state index contributed by atoms with van der Waals surface area (Å²) in [5.74, 6) is 1.07. The molecule has 100 valence electrons. The molecule has 1 saturated heterocycles. The van der Waals surface area contributed by atoms with Gasteiger partial charge in [-0.3, -0.25) is 0 Å². The topological polar surface area (TPSA) is 51.4 Å². The first-order valence-corrected chi connectivity index (χ1v) is 6.62. The van der Waals surface area contributed by atoms with E-state index in [2.05, 4.69) is 22.9 Å². The molecule has 0 amide bonds. The zero-order chi connectivity index (χ0) is 13.0. The molecule has 4 heteroatoms. The lowest BCUT2D eigenvalue weighted by Crippen LogP contribution is -2.48. The van der Waals surface area contributed by atoms with Crippen LogP contribution in [0.1, 0.15) is 25.3 Å². The van der Waals surface area contributed by atoms with Gasteiger partial charge in [-0.15, -0.1) is 0 Å². The SMILES string of the molecule is COC1(C)CCCN(c2ncccc2CCN)C1. The van der Waals surface area contributed by atoms with Crippen LogP contribution in [-0.4, -0.2) is 37.3 Å². The lowest BCUT2D eigenvalue weighted by Gasteiger charge is -2.40. The number of rotatable bonds is 4. The molecule has 18 heavy (non-hydrogen) atoms. The quantitative estimate of drug-likeness (QED) is 0.880. The van der Waals surface area contributed by atoms with E-state index in [1.54, 1.807) is 7.11 Å². The number of nitrogens with zero attached hydrogens (tertiary/aromatic N) is 2. The summed E-state index contributed by atoms with van der Waals surface area (Å²) in [7, 11) is 1.79. The minimum atomic E-state index is -0.0598. The summed E-state index contributed by atoms with van der Waals surface area (Å²) in [5.41, 5.74) is 6.84. The molecule has 1 fully saturated rings. The number of nitrogens with two attached hydrogens (primary N) is 1. The number of ether oxygens (including phenoxy) is 1. The molecule has 0 saturated carbocycles. The molecular formula is C14H23N3O. The van der Waals surface area contributed by atoms with Crippen molar-refractivity contribution in [3.05, 3.63) is 23.9 Å². The summed E-state index contributed by atoms with van der Waals surface area (Å²) in [6.45, 7) is 4.78. The summed E-state index contributed by atoms with van der Waals surface area (Å²) in [5, 5.41) is 0. The Hall–Kier alpha value is -1.13. The summed E-state index contributed by atoms with van der Waals surface area (Å²) in [6, 6.07) is 4.10. The van der Waals surface area contributed by atoms with Crippen molar-refractivity contribution >= 4 is 5.82 Å². The molecule has 0 aromatic carbocycles. The number of hydrogen-bond donors (Lipinski definition) is 1. The minimum Gasteiger partial charge on any atom is -0.377 e. The van der Waals surface area contributed by atoms with Crippen LogP contribution < -0.4 is 10.6 Å². The van der Waals surface area contributed by atoms with E-state index in [1.807, 2.05) is 12.3 Å². The molecule has 1 atom stereocenters. The van der Waals surface area contributed by atoms with Crippen LogP contribution >= 0.6 is 0 Å². The highest BCUT2D eigenvalue weighted by atomic mass is 16.5. The van der Waals surface area contributed by atoms with Gasteiger partial charge in [0.15, 0.2) is 0 Å². The van der Waals surface area contributed by atoms with Crippen molar-refractivity contribution < 1.29 is 4.74 Å². The van der Waals surface area contributed by atoms with E-state index in [4.69, 9.17) is 10.5 Å². The van der Waals surface area contributed by atoms with Gasteiger partial charge in [0.2, 0.25) is 0 Å². The average molecular weight is 249 g/mol. The zero-order valence-electron chi connectivity index (χ0n) is 11.4. The molecule has 1 aromatic heterocycles. The van der Waals surface area contributed by atoms with E-state index in [9.17, 15) is 0 Å². The molecule has 0 aliphatic carbocycles. The molecule has 2 rings (SSSR count). The molecule has 0 radical (unpaired) electrons. The van der Waals surface area contributed by atoms with Gasteiger partial charge in [0.25, 0.3) is 0 Å². The maximum atomic E-state index is 5.67. The van der Waals surface area contributed by atoms with Crippen LogP contribution in [0, 0.1) is 0 Å². The standard InChI is InChI=1S/C14H23N3O/c1-14(18-2)7-4-10-17(11-14)13-12(6-8-15)5-3-9-16-13/h3,5,9H,4,6-8,10-11,15H2,1-2H3. The van der Waals surface area contributed by atoms with Crippen LogP contribution in [0.2, 0.25) is 0 Å². The Labute approximate surface area is 109 Å². The van der Waals surface area contributed by atoms with Gasteiger partial charge in [0.05, 0.1) is 5.60 Å². The van der Waals surface area contributed by atoms with Gasteiger partial charge < -0.3 is 15.4 Å². The first-order chi connectivity index (χ1) is 8.68. The molecule has 1 aliphatic heterocycles. The first-order valence-electron chi connectivity index (χ1n) is 6.62. The fourth-order valence-corrected chi connectivity index (χ4v) is 2.62. The minimum absolute atomic E-state index is 0.0598. The van der Waals surface area contributed by atoms with Gasteiger partial charge in [-0.1, -0.05) is 6.07 Å². The molecule has 1 unspecified atom stereocenters. The van der Waals surface area contributed by atoms with Crippen molar-refractivity contribution in [2.45, 2.75) is 31.8 Å². The molecule has 1 aromatic rings. The summed E-state index contributed by atoms with van der Waals surface area (Å²) in [6.07, 6.45) is 4.99. The second-order valence-corrected chi connectivity index (χ2v) is 5.20. The predicted molar refractivity (Wildman–Crippen MR) is 73.9 cm³/mol. The summed E-state index contributed by atoms with van der Waals surface area (Å²) >= 11 is 0. The van der Waals surface area contributed by atoms with Gasteiger partial charge in [0, 0.05) is 26.4 Å². The maximum Gasteiger partial charge on any atom is 0.131 e. The number of aromatic nitrogens is 1. The van der Waals surface area contributed by atoms with Crippen molar-refractivity contribution in [1.82, 2.24) is 4.98 Å². The van der Waals surface area contributed by atoms with E-state index in [0.29, 0.717) is 6.54 Å². The smallest absolute Gasteiger partial charge is 0.131 e. The Bertz CT molecular complexity index is 396. The lowest BCUT2D eigenvalue weighted by atomic mass is 9.94. The fourth-order valence-electron chi connectivity index (χ4n) is 2.62. The Kier molecular flexibility index (Phi) is 4.19. The van der Waals surface area contributed by atoms with Crippen LogP contribution in [0.4, 0.5) is 5.82 Å². The molecule has 1 aliphatic rings. The molecule has 2 N–H and O–H groups in total. The second kappa shape index (κ2) is 5.67. The Morgan fingerprint density at radius 3 is 3.11 bits per heavy atom. The van der Waals surface area contributed by atoms with Gasteiger partial charge in [-0.05, 0) is 44.4 Å². The molecule has 2 heterocycles. The van der Waals surface area contributed by atoms with E-state index >= 15 is 0 Å². The number of piperidine rings is 1. The number of anilines is 1. The first kappa shape index (κ1) is 13.3. The van der Waals surface area contributed by atoms with Crippen molar-refractivity contribution in [3.8, 4) is 0 Å². The highest BCUT2D eigenvalue weighted by molar-refractivity contribution is 5.47. The zero-order valence-corrected chi connectivity index (χ0v) is 11.4. The lowest BCUT2D eigenvalue weighted by molar-refractivity contribution is -0.00484. The number of methoxy groups -OCH3 is 1. The molecule has 0 bridgehead atoms. The van der Waals surface area contributed by atoms with E-state index < -0.39 is 0 Å². The van der Waals surface area contributed by atoms with Crippen molar-refractivity contribution in [3.63, 3.8) is 0 Å².